The first kappa shape index (κ1) is 15.1. The molecular formula is C18H21NO2. The molecule has 0 aliphatic rings. The summed E-state index contributed by atoms with van der Waals surface area (Å²) in [5, 5.41) is 2.89. The lowest BCUT2D eigenvalue weighted by Gasteiger charge is -2.15. The Hall–Kier alpha value is -2.29. The molecule has 1 amide bonds. The largest absolute Gasteiger partial charge is 0.481 e. The van der Waals surface area contributed by atoms with Crippen molar-refractivity contribution in [1.29, 1.82) is 0 Å². The molecule has 1 atom stereocenters. The number of carbonyl (C=O) groups excluding carboxylic acids is 1. The number of carbonyl (C=O) groups is 1. The summed E-state index contributed by atoms with van der Waals surface area (Å²) >= 11 is 0. The molecular weight excluding hydrogens is 262 g/mol. The van der Waals surface area contributed by atoms with Crippen molar-refractivity contribution in [2.45, 2.75) is 33.8 Å². The highest BCUT2D eigenvalue weighted by Crippen LogP contribution is 2.16. The first-order valence-corrected chi connectivity index (χ1v) is 7.06. The molecule has 2 aromatic rings. The molecule has 3 nitrogen and oxygen atoms in total. The van der Waals surface area contributed by atoms with Crippen molar-refractivity contribution in [3.05, 3.63) is 59.2 Å². The summed E-state index contributed by atoms with van der Waals surface area (Å²) in [5.74, 6) is 0.546. The Morgan fingerprint density at radius 2 is 1.52 bits per heavy atom. The van der Waals surface area contributed by atoms with Crippen LogP contribution in [0.2, 0.25) is 0 Å². The van der Waals surface area contributed by atoms with E-state index in [-0.39, 0.29) is 5.91 Å². The maximum Gasteiger partial charge on any atom is 0.265 e. The molecule has 0 heterocycles. The van der Waals surface area contributed by atoms with Crippen LogP contribution in [-0.4, -0.2) is 12.0 Å². The molecule has 0 aliphatic carbocycles. The highest BCUT2D eigenvalue weighted by molar-refractivity contribution is 5.94. The second kappa shape index (κ2) is 6.44. The van der Waals surface area contributed by atoms with Gasteiger partial charge in [0.05, 0.1) is 0 Å². The van der Waals surface area contributed by atoms with Gasteiger partial charge in [-0.3, -0.25) is 4.79 Å². The average Bonchev–Trinajstić information content (AvgIpc) is 2.40. The molecule has 0 aromatic heterocycles. The molecule has 0 saturated carbocycles. The molecule has 0 saturated heterocycles. The lowest BCUT2D eigenvalue weighted by molar-refractivity contribution is -0.122. The van der Waals surface area contributed by atoms with E-state index in [4.69, 9.17) is 4.74 Å². The van der Waals surface area contributed by atoms with E-state index in [0.717, 1.165) is 22.4 Å². The molecule has 0 radical (unpaired) electrons. The van der Waals surface area contributed by atoms with Gasteiger partial charge in [-0.25, -0.2) is 0 Å². The number of hydrogen-bond donors (Lipinski definition) is 1. The van der Waals surface area contributed by atoms with Crippen molar-refractivity contribution in [1.82, 2.24) is 0 Å². The molecule has 21 heavy (non-hydrogen) atoms. The third-order valence-corrected chi connectivity index (χ3v) is 3.19. The third-order valence-electron chi connectivity index (χ3n) is 3.19. The Balaban J connectivity index is 2.00. The van der Waals surface area contributed by atoms with Crippen LogP contribution < -0.4 is 10.1 Å². The molecule has 2 aromatic carbocycles. The molecule has 3 heteroatoms. The zero-order valence-electron chi connectivity index (χ0n) is 12.9. The van der Waals surface area contributed by atoms with Crippen LogP contribution in [0.25, 0.3) is 0 Å². The minimum Gasteiger partial charge on any atom is -0.481 e. The second-order valence-corrected chi connectivity index (χ2v) is 5.44. The van der Waals surface area contributed by atoms with Crippen LogP contribution in [0.4, 0.5) is 5.69 Å². The maximum absolute atomic E-state index is 12.2. The van der Waals surface area contributed by atoms with Gasteiger partial charge in [0.25, 0.3) is 5.91 Å². The Labute approximate surface area is 126 Å². The van der Waals surface area contributed by atoms with Crippen LogP contribution in [-0.2, 0) is 4.79 Å². The summed E-state index contributed by atoms with van der Waals surface area (Å²) in [6.45, 7) is 7.78. The predicted octanol–water partition coefficient (Wildman–Crippen LogP) is 4.02. The summed E-state index contributed by atoms with van der Waals surface area (Å²) < 4.78 is 5.65. The molecule has 1 unspecified atom stereocenters. The fourth-order valence-electron chi connectivity index (χ4n) is 2.17. The van der Waals surface area contributed by atoms with E-state index in [9.17, 15) is 4.79 Å². The van der Waals surface area contributed by atoms with Crippen molar-refractivity contribution in [3.8, 4) is 5.75 Å². The van der Waals surface area contributed by atoms with Crippen LogP contribution in [0.1, 0.15) is 23.6 Å². The highest BCUT2D eigenvalue weighted by Gasteiger charge is 2.15. The zero-order valence-corrected chi connectivity index (χ0v) is 12.9. The van der Waals surface area contributed by atoms with Gasteiger partial charge in [-0.1, -0.05) is 23.8 Å². The lowest BCUT2D eigenvalue weighted by Crippen LogP contribution is -2.30. The fourth-order valence-corrected chi connectivity index (χ4v) is 2.17. The van der Waals surface area contributed by atoms with Gasteiger partial charge in [-0.2, -0.15) is 0 Å². The van der Waals surface area contributed by atoms with E-state index in [1.54, 1.807) is 6.92 Å². The Bertz CT molecular complexity index is 612. The van der Waals surface area contributed by atoms with Crippen LogP contribution in [0.5, 0.6) is 5.75 Å². The molecule has 0 bridgehead atoms. The smallest absolute Gasteiger partial charge is 0.265 e. The predicted molar refractivity (Wildman–Crippen MR) is 85.8 cm³/mol. The molecule has 2 rings (SSSR count). The zero-order chi connectivity index (χ0) is 15.4. The van der Waals surface area contributed by atoms with Crippen molar-refractivity contribution in [3.63, 3.8) is 0 Å². The van der Waals surface area contributed by atoms with Crippen molar-refractivity contribution in [2.24, 2.45) is 0 Å². The number of anilines is 1. The summed E-state index contributed by atoms with van der Waals surface area (Å²) in [6.07, 6.45) is -0.548. The minimum absolute atomic E-state index is 0.152. The van der Waals surface area contributed by atoms with E-state index < -0.39 is 6.10 Å². The first-order chi connectivity index (χ1) is 9.94. The number of hydrogen-bond acceptors (Lipinski definition) is 2. The van der Waals surface area contributed by atoms with Gasteiger partial charge in [-0.15, -0.1) is 0 Å². The number of amides is 1. The molecule has 110 valence electrons. The van der Waals surface area contributed by atoms with Gasteiger partial charge in [0.1, 0.15) is 5.75 Å². The van der Waals surface area contributed by atoms with E-state index >= 15 is 0 Å². The second-order valence-electron chi connectivity index (χ2n) is 5.44. The Morgan fingerprint density at radius 3 is 2.10 bits per heavy atom. The number of nitrogens with one attached hydrogen (secondary N) is 1. The topological polar surface area (TPSA) is 38.3 Å². The van der Waals surface area contributed by atoms with E-state index in [1.807, 2.05) is 57.2 Å². The van der Waals surface area contributed by atoms with Crippen molar-refractivity contribution >= 4 is 11.6 Å². The van der Waals surface area contributed by atoms with Crippen molar-refractivity contribution in [2.75, 3.05) is 5.32 Å². The van der Waals surface area contributed by atoms with Crippen LogP contribution in [0, 0.1) is 20.8 Å². The van der Waals surface area contributed by atoms with Crippen LogP contribution in [0.3, 0.4) is 0 Å². The Morgan fingerprint density at radius 1 is 0.952 bits per heavy atom. The quantitative estimate of drug-likeness (QED) is 0.920. The highest BCUT2D eigenvalue weighted by atomic mass is 16.5. The van der Waals surface area contributed by atoms with Gasteiger partial charge in [0.2, 0.25) is 0 Å². The summed E-state index contributed by atoms with van der Waals surface area (Å²) in [7, 11) is 0. The third kappa shape index (κ3) is 4.35. The first-order valence-electron chi connectivity index (χ1n) is 7.06. The van der Waals surface area contributed by atoms with Crippen LogP contribution in [0.15, 0.2) is 42.5 Å². The average molecular weight is 283 g/mol. The number of benzene rings is 2. The normalized spacial score (nSPS) is 11.8. The molecule has 0 aliphatic heterocycles. The summed E-state index contributed by atoms with van der Waals surface area (Å²) in [6, 6.07) is 13.6. The monoisotopic (exact) mass is 283 g/mol. The van der Waals surface area contributed by atoms with Gasteiger partial charge in [0.15, 0.2) is 6.10 Å². The Kier molecular flexibility index (Phi) is 4.63. The summed E-state index contributed by atoms with van der Waals surface area (Å²) in [4.78, 5) is 12.2. The number of ether oxygens (including phenoxy) is 1. The van der Waals surface area contributed by atoms with E-state index in [0.29, 0.717) is 5.75 Å². The molecule has 1 N–H and O–H groups in total. The maximum atomic E-state index is 12.2. The van der Waals surface area contributed by atoms with E-state index in [2.05, 4.69) is 11.4 Å². The fraction of sp³-hybridized carbons (Fsp3) is 0.278. The minimum atomic E-state index is -0.548. The van der Waals surface area contributed by atoms with Crippen molar-refractivity contribution < 1.29 is 9.53 Å². The van der Waals surface area contributed by atoms with Gasteiger partial charge >= 0.3 is 0 Å². The lowest BCUT2D eigenvalue weighted by atomic mass is 10.1. The molecule has 0 fully saturated rings. The van der Waals surface area contributed by atoms with E-state index in [1.165, 1.54) is 0 Å². The number of rotatable bonds is 4. The SMILES string of the molecule is Cc1ccc(OC(C)C(=O)Nc2cc(C)cc(C)c2)cc1. The standard InChI is InChI=1S/C18H21NO2/c1-12-5-7-17(8-6-12)21-15(4)18(20)19-16-10-13(2)9-14(3)11-16/h5-11,15H,1-4H3,(H,19,20). The van der Waals surface area contributed by atoms with Gasteiger partial charge in [0, 0.05) is 5.69 Å². The van der Waals surface area contributed by atoms with Crippen LogP contribution >= 0.6 is 0 Å². The summed E-state index contributed by atoms with van der Waals surface area (Å²) in [5.41, 5.74) is 4.21. The number of aryl methyl sites for hydroxylation is 3. The van der Waals surface area contributed by atoms with Gasteiger partial charge < -0.3 is 10.1 Å². The van der Waals surface area contributed by atoms with Gasteiger partial charge in [-0.05, 0) is 63.1 Å². The molecule has 0 spiro atoms.